The maximum atomic E-state index is 12.4. The van der Waals surface area contributed by atoms with Crippen molar-refractivity contribution in [1.29, 1.82) is 0 Å². The first-order valence-corrected chi connectivity index (χ1v) is 7.58. The largest absolute Gasteiger partial charge is 0.444 e. The molecule has 1 saturated heterocycles. The third-order valence-corrected chi connectivity index (χ3v) is 4.63. The van der Waals surface area contributed by atoms with Crippen molar-refractivity contribution in [1.82, 2.24) is 10.2 Å². The lowest BCUT2D eigenvalue weighted by Gasteiger charge is -2.53. The van der Waals surface area contributed by atoms with Gasteiger partial charge < -0.3 is 15.0 Å². The lowest BCUT2D eigenvalue weighted by Crippen LogP contribution is -2.62. The summed E-state index contributed by atoms with van der Waals surface area (Å²) < 4.78 is 5.57. The maximum absolute atomic E-state index is 12.4. The van der Waals surface area contributed by atoms with E-state index in [0.717, 1.165) is 26.1 Å². The third-order valence-electron chi connectivity index (χ3n) is 4.63. The predicted molar refractivity (Wildman–Crippen MR) is 76.2 cm³/mol. The minimum Gasteiger partial charge on any atom is -0.444 e. The summed E-state index contributed by atoms with van der Waals surface area (Å²) in [5, 5.41) is 3.44. The molecule has 1 atom stereocenters. The van der Waals surface area contributed by atoms with Gasteiger partial charge in [-0.25, -0.2) is 4.79 Å². The van der Waals surface area contributed by atoms with Crippen LogP contribution < -0.4 is 5.32 Å². The van der Waals surface area contributed by atoms with Crippen molar-refractivity contribution in [3.05, 3.63) is 0 Å². The zero-order chi connectivity index (χ0) is 14.1. The molecular weight excluding hydrogens is 240 g/mol. The molecule has 1 saturated carbocycles. The standard InChI is InChI=1S/C15H28N2O2/c1-5-15(7-6-8-15)12-11-16-9-10-17(12)13(18)19-14(2,3)4/h12,16H,5-11H2,1-4H3. The van der Waals surface area contributed by atoms with Crippen molar-refractivity contribution in [2.75, 3.05) is 19.6 Å². The number of carbonyl (C=O) groups excluding carboxylic acids is 1. The molecule has 110 valence electrons. The highest BCUT2D eigenvalue weighted by molar-refractivity contribution is 5.69. The fourth-order valence-corrected chi connectivity index (χ4v) is 3.34. The molecule has 0 aromatic heterocycles. The Bertz CT molecular complexity index is 326. The van der Waals surface area contributed by atoms with E-state index in [-0.39, 0.29) is 6.09 Å². The van der Waals surface area contributed by atoms with Crippen LogP contribution in [-0.2, 0) is 4.74 Å². The molecule has 4 nitrogen and oxygen atoms in total. The second-order valence-corrected chi connectivity index (χ2v) is 6.96. The smallest absolute Gasteiger partial charge is 0.410 e. The van der Waals surface area contributed by atoms with Crippen molar-refractivity contribution < 1.29 is 9.53 Å². The number of nitrogens with zero attached hydrogens (tertiary/aromatic N) is 1. The number of rotatable bonds is 2. The average Bonchev–Trinajstić information content (AvgIpc) is 2.26. The number of hydrogen-bond acceptors (Lipinski definition) is 3. The normalized spacial score (nSPS) is 26.7. The molecule has 19 heavy (non-hydrogen) atoms. The lowest BCUT2D eigenvalue weighted by atomic mass is 9.61. The fourth-order valence-electron chi connectivity index (χ4n) is 3.34. The highest BCUT2D eigenvalue weighted by atomic mass is 16.6. The Morgan fingerprint density at radius 2 is 2.11 bits per heavy atom. The van der Waals surface area contributed by atoms with Gasteiger partial charge in [-0.1, -0.05) is 13.3 Å². The molecule has 2 rings (SSSR count). The van der Waals surface area contributed by atoms with Gasteiger partial charge in [0.1, 0.15) is 5.60 Å². The summed E-state index contributed by atoms with van der Waals surface area (Å²) >= 11 is 0. The van der Waals surface area contributed by atoms with Crippen molar-refractivity contribution in [2.45, 2.75) is 65.0 Å². The van der Waals surface area contributed by atoms with Crippen LogP contribution in [0.3, 0.4) is 0 Å². The van der Waals surface area contributed by atoms with Crippen LogP contribution in [0.1, 0.15) is 53.4 Å². The van der Waals surface area contributed by atoms with Crippen LogP contribution in [0.25, 0.3) is 0 Å². The van der Waals surface area contributed by atoms with E-state index >= 15 is 0 Å². The van der Waals surface area contributed by atoms with Crippen molar-refractivity contribution in [3.8, 4) is 0 Å². The van der Waals surface area contributed by atoms with Gasteiger partial charge in [-0.2, -0.15) is 0 Å². The van der Waals surface area contributed by atoms with E-state index in [2.05, 4.69) is 12.2 Å². The molecule has 1 unspecified atom stereocenters. The number of piperazine rings is 1. The first-order chi connectivity index (χ1) is 8.88. The van der Waals surface area contributed by atoms with E-state index < -0.39 is 5.60 Å². The molecule has 1 N–H and O–H groups in total. The molecule has 0 bridgehead atoms. The minimum atomic E-state index is -0.411. The Morgan fingerprint density at radius 1 is 1.42 bits per heavy atom. The predicted octanol–water partition coefficient (Wildman–Crippen LogP) is 2.78. The Hall–Kier alpha value is -0.770. The molecule has 2 aliphatic rings. The molecule has 0 aromatic carbocycles. The zero-order valence-electron chi connectivity index (χ0n) is 12.8. The number of amides is 1. The van der Waals surface area contributed by atoms with Crippen LogP contribution in [0.2, 0.25) is 0 Å². The summed E-state index contributed by atoms with van der Waals surface area (Å²) in [5.74, 6) is 0. The molecule has 2 fully saturated rings. The van der Waals surface area contributed by atoms with Gasteiger partial charge in [0.2, 0.25) is 0 Å². The molecular formula is C15H28N2O2. The lowest BCUT2D eigenvalue weighted by molar-refractivity contribution is -0.0381. The Balaban J connectivity index is 2.10. The SMILES string of the molecule is CCC1(C2CNCCN2C(=O)OC(C)(C)C)CCC1. The van der Waals surface area contributed by atoms with E-state index in [0.29, 0.717) is 11.5 Å². The molecule has 0 spiro atoms. The quantitative estimate of drug-likeness (QED) is 0.837. The Morgan fingerprint density at radius 3 is 2.58 bits per heavy atom. The van der Waals surface area contributed by atoms with Gasteiger partial charge in [0, 0.05) is 19.6 Å². The topological polar surface area (TPSA) is 41.6 Å². The van der Waals surface area contributed by atoms with Gasteiger partial charge in [0.25, 0.3) is 0 Å². The highest BCUT2D eigenvalue weighted by Crippen LogP contribution is 2.48. The van der Waals surface area contributed by atoms with Crippen LogP contribution in [-0.4, -0.2) is 42.3 Å². The zero-order valence-corrected chi connectivity index (χ0v) is 12.8. The molecule has 4 heteroatoms. The summed E-state index contributed by atoms with van der Waals surface area (Å²) in [6.07, 6.45) is 4.80. The molecule has 0 radical (unpaired) electrons. The second-order valence-electron chi connectivity index (χ2n) is 6.96. The first-order valence-electron chi connectivity index (χ1n) is 7.58. The summed E-state index contributed by atoms with van der Waals surface area (Å²) in [6, 6.07) is 0.301. The molecule has 1 heterocycles. The molecule has 0 aromatic rings. The summed E-state index contributed by atoms with van der Waals surface area (Å²) in [5.41, 5.74) is -0.0875. The monoisotopic (exact) mass is 268 g/mol. The fraction of sp³-hybridized carbons (Fsp3) is 0.933. The summed E-state index contributed by atoms with van der Waals surface area (Å²) in [6.45, 7) is 10.6. The van der Waals surface area contributed by atoms with Gasteiger partial charge in [-0.15, -0.1) is 0 Å². The van der Waals surface area contributed by atoms with Gasteiger partial charge in [0.15, 0.2) is 0 Å². The van der Waals surface area contributed by atoms with Crippen LogP contribution in [0.5, 0.6) is 0 Å². The van der Waals surface area contributed by atoms with E-state index in [9.17, 15) is 4.79 Å². The second kappa shape index (κ2) is 5.31. The van der Waals surface area contributed by atoms with Crippen LogP contribution >= 0.6 is 0 Å². The van der Waals surface area contributed by atoms with Gasteiger partial charge in [-0.3, -0.25) is 0 Å². The first kappa shape index (κ1) is 14.6. The molecule has 1 aliphatic carbocycles. The van der Waals surface area contributed by atoms with Crippen LogP contribution in [0.4, 0.5) is 4.79 Å². The molecule has 1 amide bonds. The van der Waals surface area contributed by atoms with E-state index in [1.807, 2.05) is 25.7 Å². The maximum Gasteiger partial charge on any atom is 0.410 e. The number of ether oxygens (including phenoxy) is 1. The number of hydrogen-bond donors (Lipinski definition) is 1. The van der Waals surface area contributed by atoms with Crippen molar-refractivity contribution in [3.63, 3.8) is 0 Å². The van der Waals surface area contributed by atoms with Crippen molar-refractivity contribution in [2.24, 2.45) is 5.41 Å². The van der Waals surface area contributed by atoms with Crippen molar-refractivity contribution >= 4 is 6.09 Å². The van der Waals surface area contributed by atoms with Gasteiger partial charge >= 0.3 is 6.09 Å². The number of nitrogens with one attached hydrogen (secondary N) is 1. The van der Waals surface area contributed by atoms with Gasteiger partial charge in [-0.05, 0) is 45.4 Å². The van der Waals surface area contributed by atoms with E-state index in [1.165, 1.54) is 19.3 Å². The van der Waals surface area contributed by atoms with Crippen LogP contribution in [0.15, 0.2) is 0 Å². The minimum absolute atomic E-state index is 0.140. The third kappa shape index (κ3) is 3.04. The van der Waals surface area contributed by atoms with Crippen LogP contribution in [0, 0.1) is 5.41 Å². The average molecular weight is 268 g/mol. The van der Waals surface area contributed by atoms with E-state index in [4.69, 9.17) is 4.74 Å². The summed E-state index contributed by atoms with van der Waals surface area (Å²) in [7, 11) is 0. The summed E-state index contributed by atoms with van der Waals surface area (Å²) in [4.78, 5) is 14.4. The Labute approximate surface area is 116 Å². The highest BCUT2D eigenvalue weighted by Gasteiger charge is 2.47. The number of carbonyl (C=O) groups is 1. The molecule has 1 aliphatic heterocycles. The van der Waals surface area contributed by atoms with Gasteiger partial charge in [0.05, 0.1) is 6.04 Å². The Kier molecular flexibility index (Phi) is 4.09. The van der Waals surface area contributed by atoms with E-state index in [1.54, 1.807) is 0 Å².